The van der Waals surface area contributed by atoms with Crippen molar-refractivity contribution in [1.29, 1.82) is 0 Å². The summed E-state index contributed by atoms with van der Waals surface area (Å²) in [5.41, 5.74) is 5.48. The third kappa shape index (κ3) is 4.18. The molecule has 0 amide bonds. The van der Waals surface area contributed by atoms with Crippen molar-refractivity contribution in [3.05, 3.63) is 0 Å². The first-order valence-corrected chi connectivity index (χ1v) is 8.63. The second-order valence-corrected chi connectivity index (χ2v) is 8.60. The van der Waals surface area contributed by atoms with Gasteiger partial charge in [-0.1, -0.05) is 0 Å². The highest BCUT2D eigenvalue weighted by Crippen LogP contribution is 2.17. The van der Waals surface area contributed by atoms with E-state index < -0.39 is 37.3 Å². The molecular formula is C8H18N2O5S2. The van der Waals surface area contributed by atoms with Crippen molar-refractivity contribution in [2.24, 2.45) is 5.73 Å². The van der Waals surface area contributed by atoms with Crippen molar-refractivity contribution in [3.8, 4) is 0 Å². The van der Waals surface area contributed by atoms with Crippen molar-refractivity contribution in [2.45, 2.75) is 30.7 Å². The Bertz CT molecular complexity index is 456. The highest BCUT2D eigenvalue weighted by molar-refractivity contribution is 7.95. The molecule has 1 aliphatic heterocycles. The van der Waals surface area contributed by atoms with Crippen molar-refractivity contribution in [2.75, 3.05) is 18.1 Å². The van der Waals surface area contributed by atoms with Gasteiger partial charge in [-0.2, -0.15) is 0 Å². The molecule has 1 saturated heterocycles. The van der Waals surface area contributed by atoms with Gasteiger partial charge in [0.2, 0.25) is 10.0 Å². The van der Waals surface area contributed by atoms with E-state index in [1.165, 1.54) is 6.92 Å². The van der Waals surface area contributed by atoms with Crippen LogP contribution in [-0.2, 0) is 19.9 Å². The highest BCUT2D eigenvalue weighted by atomic mass is 32.2. The molecular weight excluding hydrogens is 268 g/mol. The molecule has 17 heavy (non-hydrogen) atoms. The van der Waals surface area contributed by atoms with Gasteiger partial charge >= 0.3 is 0 Å². The van der Waals surface area contributed by atoms with Gasteiger partial charge < -0.3 is 10.8 Å². The van der Waals surface area contributed by atoms with Gasteiger partial charge in [0.1, 0.15) is 0 Å². The summed E-state index contributed by atoms with van der Waals surface area (Å²) in [6.07, 6.45) is -0.716. The Hall–Kier alpha value is -0.220. The Morgan fingerprint density at radius 1 is 1.53 bits per heavy atom. The molecule has 0 aromatic rings. The molecule has 0 aliphatic carbocycles. The second kappa shape index (κ2) is 5.19. The molecule has 0 radical (unpaired) electrons. The van der Waals surface area contributed by atoms with Crippen LogP contribution in [0.4, 0.5) is 0 Å². The van der Waals surface area contributed by atoms with Gasteiger partial charge in [0, 0.05) is 12.6 Å². The van der Waals surface area contributed by atoms with E-state index in [2.05, 4.69) is 4.72 Å². The third-order valence-electron chi connectivity index (χ3n) is 2.77. The van der Waals surface area contributed by atoms with Crippen LogP contribution in [0.5, 0.6) is 0 Å². The summed E-state index contributed by atoms with van der Waals surface area (Å²) in [6, 6.07) is -0.706. The third-order valence-corrected chi connectivity index (χ3v) is 6.60. The van der Waals surface area contributed by atoms with Gasteiger partial charge in [-0.25, -0.2) is 21.6 Å². The van der Waals surface area contributed by atoms with Crippen molar-refractivity contribution < 1.29 is 21.9 Å². The normalized spacial score (nSPS) is 27.8. The lowest BCUT2D eigenvalue weighted by Crippen LogP contribution is -2.46. The van der Waals surface area contributed by atoms with Gasteiger partial charge in [-0.3, -0.25) is 0 Å². The Kier molecular flexibility index (Phi) is 4.53. The number of aliphatic hydroxyl groups is 1. The maximum Gasteiger partial charge on any atom is 0.215 e. The second-order valence-electron chi connectivity index (χ2n) is 4.32. The van der Waals surface area contributed by atoms with Crippen LogP contribution in [0.1, 0.15) is 13.3 Å². The lowest BCUT2D eigenvalue weighted by molar-refractivity contribution is 0.164. The summed E-state index contributed by atoms with van der Waals surface area (Å²) >= 11 is 0. The zero-order valence-electron chi connectivity index (χ0n) is 9.53. The molecule has 1 heterocycles. The summed E-state index contributed by atoms with van der Waals surface area (Å²) in [5.74, 6) is -0.437. The van der Waals surface area contributed by atoms with Crippen molar-refractivity contribution >= 4 is 19.9 Å². The summed E-state index contributed by atoms with van der Waals surface area (Å²) in [5, 5.41) is 8.20. The number of aliphatic hydroxyl groups excluding tert-OH is 1. The molecule has 1 rings (SSSR count). The number of hydrogen-bond acceptors (Lipinski definition) is 6. The average Bonchev–Trinajstić information content (AvgIpc) is 2.56. The molecule has 9 heteroatoms. The minimum Gasteiger partial charge on any atom is -0.392 e. The molecule has 0 saturated carbocycles. The first kappa shape index (κ1) is 14.8. The van der Waals surface area contributed by atoms with Crippen LogP contribution in [0.2, 0.25) is 0 Å². The van der Waals surface area contributed by atoms with Crippen LogP contribution >= 0.6 is 0 Å². The molecule has 0 bridgehead atoms. The first-order chi connectivity index (χ1) is 7.64. The van der Waals surface area contributed by atoms with E-state index in [4.69, 9.17) is 10.8 Å². The predicted octanol–water partition coefficient (Wildman–Crippen LogP) is -2.20. The Balaban J connectivity index is 2.59. The number of nitrogens with one attached hydrogen (secondary N) is 1. The molecule has 0 aromatic carbocycles. The fraction of sp³-hybridized carbons (Fsp3) is 1.00. The van der Waals surface area contributed by atoms with E-state index >= 15 is 0 Å². The number of nitrogens with two attached hydrogens (primary N) is 1. The average molecular weight is 286 g/mol. The lowest BCUT2D eigenvalue weighted by Gasteiger charge is -2.17. The minimum absolute atomic E-state index is 0.0962. The van der Waals surface area contributed by atoms with E-state index in [0.29, 0.717) is 0 Å². The van der Waals surface area contributed by atoms with Crippen LogP contribution in [0.25, 0.3) is 0 Å². The SMILES string of the molecule is CC(O)C(N)CNS(=O)(=O)C1CCS(=O)(=O)C1. The summed E-state index contributed by atoms with van der Waals surface area (Å²) in [4.78, 5) is 0. The molecule has 3 atom stereocenters. The van der Waals surface area contributed by atoms with Gasteiger partial charge in [0.15, 0.2) is 9.84 Å². The molecule has 7 nitrogen and oxygen atoms in total. The maximum absolute atomic E-state index is 11.7. The van der Waals surface area contributed by atoms with E-state index in [-0.39, 0.29) is 24.5 Å². The topological polar surface area (TPSA) is 127 Å². The van der Waals surface area contributed by atoms with E-state index in [1.54, 1.807) is 0 Å². The monoisotopic (exact) mass is 286 g/mol. The van der Waals surface area contributed by atoms with Crippen LogP contribution < -0.4 is 10.5 Å². The zero-order valence-corrected chi connectivity index (χ0v) is 11.2. The first-order valence-electron chi connectivity index (χ1n) is 5.26. The van der Waals surface area contributed by atoms with Crippen LogP contribution in [-0.4, -0.2) is 57.4 Å². The number of sulfonamides is 1. The van der Waals surface area contributed by atoms with Crippen LogP contribution in [0, 0.1) is 0 Å². The molecule has 1 aliphatic rings. The fourth-order valence-corrected chi connectivity index (χ4v) is 5.63. The zero-order chi connectivity index (χ0) is 13.3. The molecule has 3 unspecified atom stereocenters. The van der Waals surface area contributed by atoms with E-state index in [9.17, 15) is 16.8 Å². The number of hydrogen-bond donors (Lipinski definition) is 3. The van der Waals surface area contributed by atoms with Crippen molar-refractivity contribution in [3.63, 3.8) is 0 Å². The van der Waals surface area contributed by atoms with Crippen LogP contribution in [0.3, 0.4) is 0 Å². The summed E-state index contributed by atoms with van der Waals surface area (Å²) in [7, 11) is -6.91. The Morgan fingerprint density at radius 3 is 2.53 bits per heavy atom. The van der Waals surface area contributed by atoms with Crippen LogP contribution in [0.15, 0.2) is 0 Å². The molecule has 102 valence electrons. The predicted molar refractivity (Wildman–Crippen MR) is 63.6 cm³/mol. The fourth-order valence-electron chi connectivity index (χ4n) is 1.51. The summed E-state index contributed by atoms with van der Waals surface area (Å²) in [6.45, 7) is 1.36. The van der Waals surface area contributed by atoms with Crippen molar-refractivity contribution in [1.82, 2.24) is 4.72 Å². The summed E-state index contributed by atoms with van der Waals surface area (Å²) < 4.78 is 48.1. The smallest absolute Gasteiger partial charge is 0.215 e. The van der Waals surface area contributed by atoms with E-state index in [1.807, 2.05) is 0 Å². The number of sulfone groups is 1. The maximum atomic E-state index is 11.7. The largest absolute Gasteiger partial charge is 0.392 e. The molecule has 4 N–H and O–H groups in total. The standard InChI is InChI=1S/C8H18N2O5S2/c1-6(11)8(9)4-10-17(14,15)7-2-3-16(12,13)5-7/h6-8,10-11H,2-5,9H2,1H3. The molecule has 0 spiro atoms. The van der Waals surface area contributed by atoms with E-state index in [0.717, 1.165) is 0 Å². The van der Waals surface area contributed by atoms with Gasteiger partial charge in [0.25, 0.3) is 0 Å². The van der Waals surface area contributed by atoms with Gasteiger partial charge in [0.05, 0.1) is 22.9 Å². The van der Waals surface area contributed by atoms with Gasteiger partial charge in [-0.15, -0.1) is 0 Å². The quantitative estimate of drug-likeness (QED) is 0.526. The Labute approximate surface area is 101 Å². The minimum atomic E-state index is -3.68. The molecule has 0 aromatic heterocycles. The highest BCUT2D eigenvalue weighted by Gasteiger charge is 2.37. The van der Waals surface area contributed by atoms with Gasteiger partial charge in [-0.05, 0) is 13.3 Å². The lowest BCUT2D eigenvalue weighted by atomic mass is 10.2. The molecule has 1 fully saturated rings. The number of rotatable bonds is 5. The Morgan fingerprint density at radius 2 is 2.12 bits per heavy atom.